The summed E-state index contributed by atoms with van der Waals surface area (Å²) >= 11 is 0. The average Bonchev–Trinajstić information content (AvgIpc) is 2.39. The molecule has 3 nitrogen and oxygen atoms in total. The van der Waals surface area contributed by atoms with E-state index in [2.05, 4.69) is 17.4 Å². The Labute approximate surface area is 107 Å². The van der Waals surface area contributed by atoms with Gasteiger partial charge >= 0.3 is 5.97 Å². The van der Waals surface area contributed by atoms with Gasteiger partial charge in [0, 0.05) is 5.69 Å². The molecule has 0 amide bonds. The molecule has 0 saturated carbocycles. The third-order valence-corrected chi connectivity index (χ3v) is 2.77. The fourth-order valence-electron chi connectivity index (χ4n) is 1.86. The zero-order valence-electron chi connectivity index (χ0n) is 10.6. The van der Waals surface area contributed by atoms with Crippen LogP contribution >= 0.6 is 0 Å². The first-order valence-corrected chi connectivity index (χ1v) is 6.12. The molecule has 2 aromatic carbocycles. The maximum absolute atomic E-state index is 11.5. The molecule has 0 bridgehead atoms. The quantitative estimate of drug-likeness (QED) is 0.838. The molecule has 0 fully saturated rings. The van der Waals surface area contributed by atoms with Crippen molar-refractivity contribution in [3.05, 3.63) is 42.5 Å². The van der Waals surface area contributed by atoms with E-state index in [0.717, 1.165) is 11.1 Å². The fourth-order valence-corrected chi connectivity index (χ4v) is 1.86. The molecule has 1 unspecified atom stereocenters. The SMILES string of the molecule is CCOC(=O)C(C)Nc1ccc2ccccc2c1. The van der Waals surface area contributed by atoms with Gasteiger partial charge in [0.05, 0.1) is 6.61 Å². The van der Waals surface area contributed by atoms with Gasteiger partial charge in [-0.15, -0.1) is 0 Å². The minimum absolute atomic E-state index is 0.231. The zero-order valence-corrected chi connectivity index (χ0v) is 10.6. The second kappa shape index (κ2) is 5.54. The minimum atomic E-state index is -0.342. The Bertz CT molecular complexity index is 551. The van der Waals surface area contributed by atoms with E-state index in [4.69, 9.17) is 4.74 Å². The first-order valence-electron chi connectivity index (χ1n) is 6.12. The van der Waals surface area contributed by atoms with Gasteiger partial charge in [0.15, 0.2) is 0 Å². The maximum Gasteiger partial charge on any atom is 0.328 e. The number of ether oxygens (including phenoxy) is 1. The van der Waals surface area contributed by atoms with Crippen LogP contribution in [0, 0.1) is 0 Å². The Morgan fingerprint density at radius 1 is 1.22 bits per heavy atom. The largest absolute Gasteiger partial charge is 0.464 e. The predicted molar refractivity (Wildman–Crippen MR) is 73.7 cm³/mol. The molecule has 2 rings (SSSR count). The predicted octanol–water partition coefficient (Wildman–Crippen LogP) is 3.20. The van der Waals surface area contributed by atoms with E-state index in [1.165, 1.54) is 5.39 Å². The molecule has 0 radical (unpaired) electrons. The Kier molecular flexibility index (Phi) is 3.82. The van der Waals surface area contributed by atoms with Crippen molar-refractivity contribution in [2.24, 2.45) is 0 Å². The lowest BCUT2D eigenvalue weighted by atomic mass is 10.1. The van der Waals surface area contributed by atoms with Crippen LogP contribution in [-0.2, 0) is 9.53 Å². The molecule has 94 valence electrons. The van der Waals surface area contributed by atoms with Crippen LogP contribution in [0.4, 0.5) is 5.69 Å². The van der Waals surface area contributed by atoms with Crippen LogP contribution in [0.2, 0.25) is 0 Å². The number of carbonyl (C=O) groups excluding carboxylic acids is 1. The second-order valence-corrected chi connectivity index (χ2v) is 4.18. The number of hydrogen-bond acceptors (Lipinski definition) is 3. The van der Waals surface area contributed by atoms with Gasteiger partial charge in [-0.2, -0.15) is 0 Å². The highest BCUT2D eigenvalue weighted by Gasteiger charge is 2.13. The number of carbonyl (C=O) groups is 1. The van der Waals surface area contributed by atoms with Gasteiger partial charge in [0.1, 0.15) is 6.04 Å². The first-order chi connectivity index (χ1) is 8.70. The maximum atomic E-state index is 11.5. The van der Waals surface area contributed by atoms with Crippen molar-refractivity contribution in [3.63, 3.8) is 0 Å². The smallest absolute Gasteiger partial charge is 0.328 e. The van der Waals surface area contributed by atoms with Crippen molar-refractivity contribution in [2.75, 3.05) is 11.9 Å². The minimum Gasteiger partial charge on any atom is -0.464 e. The highest BCUT2D eigenvalue weighted by atomic mass is 16.5. The van der Waals surface area contributed by atoms with Crippen LogP contribution in [0.5, 0.6) is 0 Å². The number of fused-ring (bicyclic) bond motifs is 1. The summed E-state index contributed by atoms with van der Waals surface area (Å²) in [6.07, 6.45) is 0. The topological polar surface area (TPSA) is 38.3 Å². The molecule has 2 aromatic rings. The van der Waals surface area contributed by atoms with Crippen LogP contribution in [0.15, 0.2) is 42.5 Å². The van der Waals surface area contributed by atoms with Crippen molar-refractivity contribution in [1.82, 2.24) is 0 Å². The van der Waals surface area contributed by atoms with Crippen molar-refractivity contribution in [1.29, 1.82) is 0 Å². The molecule has 0 saturated heterocycles. The fraction of sp³-hybridized carbons (Fsp3) is 0.267. The van der Waals surface area contributed by atoms with Crippen LogP contribution in [0.3, 0.4) is 0 Å². The molecule has 0 aliphatic carbocycles. The number of anilines is 1. The van der Waals surface area contributed by atoms with Crippen molar-refractivity contribution in [2.45, 2.75) is 19.9 Å². The van der Waals surface area contributed by atoms with Crippen LogP contribution < -0.4 is 5.32 Å². The summed E-state index contributed by atoms with van der Waals surface area (Å²) < 4.78 is 4.96. The van der Waals surface area contributed by atoms with E-state index < -0.39 is 0 Å². The summed E-state index contributed by atoms with van der Waals surface area (Å²) in [5.74, 6) is -0.231. The van der Waals surface area contributed by atoms with E-state index >= 15 is 0 Å². The van der Waals surface area contributed by atoms with Gasteiger partial charge in [-0.3, -0.25) is 0 Å². The van der Waals surface area contributed by atoms with Crippen LogP contribution in [-0.4, -0.2) is 18.6 Å². The third-order valence-electron chi connectivity index (χ3n) is 2.77. The van der Waals surface area contributed by atoms with Gasteiger partial charge in [0.2, 0.25) is 0 Å². The Balaban J connectivity index is 2.14. The number of hydrogen-bond donors (Lipinski definition) is 1. The molecule has 0 aromatic heterocycles. The lowest BCUT2D eigenvalue weighted by Gasteiger charge is -2.14. The first kappa shape index (κ1) is 12.4. The summed E-state index contributed by atoms with van der Waals surface area (Å²) in [5.41, 5.74) is 0.925. The summed E-state index contributed by atoms with van der Waals surface area (Å²) in [6.45, 7) is 4.01. The number of rotatable bonds is 4. The van der Waals surface area contributed by atoms with E-state index in [1.54, 1.807) is 13.8 Å². The van der Waals surface area contributed by atoms with Gasteiger partial charge in [-0.05, 0) is 36.8 Å². The lowest BCUT2D eigenvalue weighted by molar-refractivity contribution is -0.143. The molecule has 0 aliphatic heterocycles. The number of benzene rings is 2. The summed E-state index contributed by atoms with van der Waals surface area (Å²) in [5, 5.41) is 5.48. The van der Waals surface area contributed by atoms with E-state index in [9.17, 15) is 4.79 Å². The van der Waals surface area contributed by atoms with Gasteiger partial charge in [-0.25, -0.2) is 4.79 Å². The molecule has 1 atom stereocenters. The molecule has 0 heterocycles. The summed E-state index contributed by atoms with van der Waals surface area (Å²) in [4.78, 5) is 11.5. The Morgan fingerprint density at radius 2 is 1.94 bits per heavy atom. The summed E-state index contributed by atoms with van der Waals surface area (Å²) in [6, 6.07) is 13.8. The van der Waals surface area contributed by atoms with Gasteiger partial charge < -0.3 is 10.1 Å². The molecular weight excluding hydrogens is 226 g/mol. The molecule has 18 heavy (non-hydrogen) atoms. The normalized spacial score (nSPS) is 12.1. The Hall–Kier alpha value is -2.03. The number of nitrogens with one attached hydrogen (secondary N) is 1. The highest BCUT2D eigenvalue weighted by molar-refractivity contribution is 5.87. The van der Waals surface area contributed by atoms with E-state index in [1.807, 2.05) is 30.3 Å². The molecule has 0 aliphatic rings. The van der Waals surface area contributed by atoms with Crippen LogP contribution in [0.1, 0.15) is 13.8 Å². The standard InChI is InChI=1S/C15H17NO2/c1-3-18-15(17)11(2)16-14-9-8-12-6-4-5-7-13(12)10-14/h4-11,16H,3H2,1-2H3. The lowest BCUT2D eigenvalue weighted by Crippen LogP contribution is -2.28. The van der Waals surface area contributed by atoms with Crippen molar-refractivity contribution < 1.29 is 9.53 Å². The molecule has 1 N–H and O–H groups in total. The third kappa shape index (κ3) is 2.80. The highest BCUT2D eigenvalue weighted by Crippen LogP contribution is 2.19. The molecule has 0 spiro atoms. The monoisotopic (exact) mass is 243 g/mol. The van der Waals surface area contributed by atoms with Gasteiger partial charge in [-0.1, -0.05) is 30.3 Å². The molecule has 3 heteroatoms. The van der Waals surface area contributed by atoms with Crippen molar-refractivity contribution >= 4 is 22.4 Å². The zero-order chi connectivity index (χ0) is 13.0. The van der Waals surface area contributed by atoms with E-state index in [0.29, 0.717) is 6.61 Å². The van der Waals surface area contributed by atoms with Crippen molar-refractivity contribution in [3.8, 4) is 0 Å². The number of esters is 1. The van der Waals surface area contributed by atoms with Gasteiger partial charge in [0.25, 0.3) is 0 Å². The van der Waals surface area contributed by atoms with Crippen LogP contribution in [0.25, 0.3) is 10.8 Å². The average molecular weight is 243 g/mol. The summed E-state index contributed by atoms with van der Waals surface area (Å²) in [7, 11) is 0. The molecular formula is C15H17NO2. The van der Waals surface area contributed by atoms with E-state index in [-0.39, 0.29) is 12.0 Å². The second-order valence-electron chi connectivity index (χ2n) is 4.18. The Morgan fingerprint density at radius 3 is 2.67 bits per heavy atom.